The third-order valence-electron chi connectivity index (χ3n) is 5.79. The molecule has 1 aliphatic rings. The second-order valence-corrected chi connectivity index (χ2v) is 9.03. The Bertz CT molecular complexity index is 1300. The van der Waals surface area contributed by atoms with Crippen LogP contribution in [0.25, 0.3) is 5.76 Å². The molecule has 3 aromatic carbocycles. The highest BCUT2D eigenvalue weighted by atomic mass is 35.5. The monoisotopic (exact) mass is 510 g/mol. The first kappa shape index (κ1) is 24.6. The van der Waals surface area contributed by atoms with Crippen molar-refractivity contribution >= 4 is 52.0 Å². The molecule has 3 aromatic rings. The molecule has 35 heavy (non-hydrogen) atoms. The highest BCUT2D eigenvalue weighted by Crippen LogP contribution is 2.43. The van der Waals surface area contributed by atoms with Crippen molar-refractivity contribution in [2.75, 3.05) is 30.5 Å². The lowest BCUT2D eigenvalue weighted by molar-refractivity contribution is -0.132. The zero-order chi connectivity index (χ0) is 25.3. The first-order valence-corrected chi connectivity index (χ1v) is 11.7. The lowest BCUT2D eigenvalue weighted by Crippen LogP contribution is -2.29. The fourth-order valence-corrected chi connectivity index (χ4v) is 4.34. The Hall–Kier alpha value is -3.48. The SMILES string of the molecule is CCOc1ccc(N2C(=O)C(=O)/C(=C(\O)c3ccc(Cl)c(Cl)c3)C2c2ccc(N(C)C)cc2)cc1. The Morgan fingerprint density at radius 1 is 0.971 bits per heavy atom. The van der Waals surface area contributed by atoms with Crippen LogP contribution in [0.4, 0.5) is 11.4 Å². The Kier molecular flexibility index (Phi) is 7.05. The van der Waals surface area contributed by atoms with Crippen molar-refractivity contribution in [3.05, 3.63) is 93.5 Å². The first-order valence-electron chi connectivity index (χ1n) is 11.0. The molecule has 0 aromatic heterocycles. The lowest BCUT2D eigenvalue weighted by atomic mass is 9.95. The molecular formula is C27H24Cl2N2O4. The molecule has 1 amide bonds. The van der Waals surface area contributed by atoms with E-state index in [1.54, 1.807) is 30.3 Å². The van der Waals surface area contributed by atoms with Crippen LogP contribution in [0.3, 0.4) is 0 Å². The van der Waals surface area contributed by atoms with Crippen LogP contribution in [0.2, 0.25) is 10.0 Å². The third-order valence-corrected chi connectivity index (χ3v) is 6.53. The number of aliphatic hydroxyl groups excluding tert-OH is 1. The van der Waals surface area contributed by atoms with Crippen LogP contribution in [0, 0.1) is 0 Å². The predicted molar refractivity (Wildman–Crippen MR) is 140 cm³/mol. The molecule has 0 radical (unpaired) electrons. The number of amides is 1. The number of carbonyl (C=O) groups excluding carboxylic acids is 2. The molecule has 0 saturated carbocycles. The van der Waals surface area contributed by atoms with Gasteiger partial charge in [0.25, 0.3) is 11.7 Å². The molecule has 0 spiro atoms. The van der Waals surface area contributed by atoms with Gasteiger partial charge in [0.1, 0.15) is 11.5 Å². The van der Waals surface area contributed by atoms with E-state index in [0.717, 1.165) is 5.69 Å². The van der Waals surface area contributed by atoms with Crippen LogP contribution >= 0.6 is 23.2 Å². The maximum atomic E-state index is 13.3. The van der Waals surface area contributed by atoms with Gasteiger partial charge in [-0.15, -0.1) is 0 Å². The number of ether oxygens (including phenoxy) is 1. The maximum Gasteiger partial charge on any atom is 0.300 e. The number of carbonyl (C=O) groups is 2. The van der Waals surface area contributed by atoms with E-state index >= 15 is 0 Å². The Labute approximate surface area is 213 Å². The van der Waals surface area contributed by atoms with E-state index < -0.39 is 17.7 Å². The molecular weight excluding hydrogens is 487 g/mol. The lowest BCUT2D eigenvalue weighted by Gasteiger charge is -2.26. The van der Waals surface area contributed by atoms with E-state index in [9.17, 15) is 14.7 Å². The van der Waals surface area contributed by atoms with E-state index in [4.69, 9.17) is 27.9 Å². The van der Waals surface area contributed by atoms with Gasteiger partial charge in [-0.1, -0.05) is 35.3 Å². The average molecular weight is 511 g/mol. The summed E-state index contributed by atoms with van der Waals surface area (Å²) in [4.78, 5) is 29.9. The molecule has 8 heteroatoms. The number of rotatable bonds is 6. The number of ketones is 1. The quantitative estimate of drug-likeness (QED) is 0.247. The van der Waals surface area contributed by atoms with Gasteiger partial charge in [0.15, 0.2) is 0 Å². The molecule has 1 aliphatic heterocycles. The zero-order valence-electron chi connectivity index (χ0n) is 19.5. The Balaban J connectivity index is 1.89. The minimum absolute atomic E-state index is 0.0279. The van der Waals surface area contributed by atoms with Crippen molar-refractivity contribution in [1.82, 2.24) is 0 Å². The molecule has 1 fully saturated rings. The van der Waals surface area contributed by atoms with Crippen LogP contribution < -0.4 is 14.5 Å². The highest BCUT2D eigenvalue weighted by Gasteiger charge is 2.47. The molecule has 0 bridgehead atoms. The van der Waals surface area contributed by atoms with Crippen LogP contribution in [0.15, 0.2) is 72.3 Å². The van der Waals surface area contributed by atoms with Gasteiger partial charge < -0.3 is 14.7 Å². The summed E-state index contributed by atoms with van der Waals surface area (Å²) in [5, 5.41) is 11.8. The summed E-state index contributed by atoms with van der Waals surface area (Å²) in [5.41, 5.74) is 2.39. The number of hydrogen-bond acceptors (Lipinski definition) is 5. The molecule has 1 unspecified atom stereocenters. The number of aliphatic hydroxyl groups is 1. The fourth-order valence-electron chi connectivity index (χ4n) is 4.04. The highest BCUT2D eigenvalue weighted by molar-refractivity contribution is 6.51. The van der Waals surface area contributed by atoms with Gasteiger partial charge in [-0.3, -0.25) is 14.5 Å². The Morgan fingerprint density at radius 3 is 2.20 bits per heavy atom. The van der Waals surface area contributed by atoms with Crippen LogP contribution in [-0.4, -0.2) is 37.5 Å². The molecule has 1 saturated heterocycles. The number of halogens is 2. The smallest absolute Gasteiger partial charge is 0.300 e. The van der Waals surface area contributed by atoms with Crippen LogP contribution in [0.5, 0.6) is 5.75 Å². The van der Waals surface area contributed by atoms with Gasteiger partial charge >= 0.3 is 0 Å². The largest absolute Gasteiger partial charge is 0.507 e. The number of benzene rings is 3. The average Bonchev–Trinajstić information content (AvgIpc) is 3.11. The molecule has 180 valence electrons. The topological polar surface area (TPSA) is 70.1 Å². The number of Topliss-reactive ketones (excluding diaryl/α,β-unsaturated/α-hetero) is 1. The summed E-state index contributed by atoms with van der Waals surface area (Å²) >= 11 is 12.2. The van der Waals surface area contributed by atoms with Gasteiger partial charge in [-0.2, -0.15) is 0 Å². The summed E-state index contributed by atoms with van der Waals surface area (Å²) in [6.07, 6.45) is 0. The molecule has 6 nitrogen and oxygen atoms in total. The molecule has 1 atom stereocenters. The van der Waals surface area contributed by atoms with E-state index in [0.29, 0.717) is 34.2 Å². The van der Waals surface area contributed by atoms with E-state index in [-0.39, 0.29) is 16.4 Å². The van der Waals surface area contributed by atoms with E-state index in [1.807, 2.05) is 50.2 Å². The van der Waals surface area contributed by atoms with E-state index in [1.165, 1.54) is 17.0 Å². The zero-order valence-corrected chi connectivity index (χ0v) is 21.0. The van der Waals surface area contributed by atoms with Gasteiger partial charge in [-0.25, -0.2) is 0 Å². The minimum atomic E-state index is -0.849. The molecule has 1 N–H and O–H groups in total. The normalized spacial score (nSPS) is 17.1. The predicted octanol–water partition coefficient (Wildman–Crippen LogP) is 6.08. The second kappa shape index (κ2) is 10.0. The van der Waals surface area contributed by atoms with Crippen molar-refractivity contribution in [2.24, 2.45) is 0 Å². The van der Waals surface area contributed by atoms with Crippen LogP contribution in [-0.2, 0) is 9.59 Å². The number of nitrogens with zero attached hydrogens (tertiary/aromatic N) is 2. The van der Waals surface area contributed by atoms with Gasteiger partial charge in [-0.05, 0) is 67.1 Å². The first-order chi connectivity index (χ1) is 16.7. The third kappa shape index (κ3) is 4.72. The van der Waals surface area contributed by atoms with Crippen molar-refractivity contribution in [3.63, 3.8) is 0 Å². The Morgan fingerprint density at radius 2 is 1.63 bits per heavy atom. The molecule has 4 rings (SSSR count). The summed E-state index contributed by atoms with van der Waals surface area (Å²) in [6, 6.07) is 18.1. The fraction of sp³-hybridized carbons (Fsp3) is 0.185. The van der Waals surface area contributed by atoms with Crippen molar-refractivity contribution in [2.45, 2.75) is 13.0 Å². The van der Waals surface area contributed by atoms with E-state index in [2.05, 4.69) is 0 Å². The van der Waals surface area contributed by atoms with Gasteiger partial charge in [0.2, 0.25) is 0 Å². The minimum Gasteiger partial charge on any atom is -0.507 e. The van der Waals surface area contributed by atoms with Gasteiger partial charge in [0.05, 0.1) is 28.3 Å². The maximum absolute atomic E-state index is 13.3. The van der Waals surface area contributed by atoms with Crippen molar-refractivity contribution in [1.29, 1.82) is 0 Å². The molecule has 0 aliphatic carbocycles. The number of anilines is 2. The van der Waals surface area contributed by atoms with Crippen molar-refractivity contribution < 1.29 is 19.4 Å². The van der Waals surface area contributed by atoms with Crippen LogP contribution in [0.1, 0.15) is 24.1 Å². The summed E-state index contributed by atoms with van der Waals surface area (Å²) in [7, 11) is 3.84. The number of hydrogen-bond donors (Lipinski definition) is 1. The summed E-state index contributed by atoms with van der Waals surface area (Å²) in [5.74, 6) is -1.20. The summed E-state index contributed by atoms with van der Waals surface area (Å²) < 4.78 is 5.51. The second-order valence-electron chi connectivity index (χ2n) is 8.21. The molecule has 1 heterocycles. The van der Waals surface area contributed by atoms with Gasteiger partial charge in [0, 0.05) is 31.0 Å². The summed E-state index contributed by atoms with van der Waals surface area (Å²) in [6.45, 7) is 2.39. The van der Waals surface area contributed by atoms with Crippen molar-refractivity contribution in [3.8, 4) is 5.75 Å². The standard InChI is InChI=1S/C27H24Cl2N2O4/c1-4-35-20-12-10-19(11-13-20)31-24(16-5-8-18(9-6-16)30(2)3)23(26(33)27(31)34)25(32)17-7-14-21(28)22(29)15-17/h5-15,24,32H,4H2,1-3H3/b25-23-.